The third-order valence-electron chi connectivity index (χ3n) is 10.1. The molecule has 7 heteroatoms. The highest BCUT2D eigenvalue weighted by atomic mass is 16.5. The standard InChI is InChI=1S/C33H32N2O5/c36-25-13-12-21-16-26-33(39)17-23(31(38)34-24-9-5-4-8-22(24)20-6-2-1-3-7-20)28(37)30-32(33,27(21)29(25)40-30)14-15-35(26)18-19-10-11-19/h1-9,12-13,19,26,30,36-37,39H,10-11,14-18H2,(H,34,38)/t26-,30+,32+,33-/m1/s1. The molecule has 5 aliphatic rings. The summed E-state index contributed by atoms with van der Waals surface area (Å²) in [6.07, 6.45) is 2.68. The van der Waals surface area contributed by atoms with Crippen LogP contribution in [-0.4, -0.2) is 57.0 Å². The van der Waals surface area contributed by atoms with Gasteiger partial charge in [0.15, 0.2) is 17.6 Å². The van der Waals surface area contributed by atoms with Gasteiger partial charge in [0, 0.05) is 35.8 Å². The molecule has 3 aromatic rings. The molecule has 1 amide bonds. The summed E-state index contributed by atoms with van der Waals surface area (Å²) in [5.74, 6) is 0.370. The minimum Gasteiger partial charge on any atom is -0.508 e. The van der Waals surface area contributed by atoms with Gasteiger partial charge in [-0.3, -0.25) is 9.69 Å². The Bertz CT molecular complexity index is 1580. The van der Waals surface area contributed by atoms with Gasteiger partial charge >= 0.3 is 0 Å². The average Bonchev–Trinajstić information content (AvgIpc) is 3.70. The Morgan fingerprint density at radius 1 is 1.02 bits per heavy atom. The van der Waals surface area contributed by atoms with E-state index in [1.54, 1.807) is 6.07 Å². The fourth-order valence-corrected chi connectivity index (χ4v) is 8.03. The number of benzene rings is 3. The number of hydrogen-bond acceptors (Lipinski definition) is 6. The number of nitrogens with one attached hydrogen (secondary N) is 1. The van der Waals surface area contributed by atoms with Gasteiger partial charge in [-0.25, -0.2) is 0 Å². The first kappa shape index (κ1) is 24.0. The van der Waals surface area contributed by atoms with E-state index in [-0.39, 0.29) is 29.5 Å². The number of aliphatic hydroxyl groups is 2. The van der Waals surface area contributed by atoms with Gasteiger partial charge in [-0.1, -0.05) is 54.6 Å². The molecular formula is C33H32N2O5. The molecule has 3 aliphatic carbocycles. The molecule has 3 aromatic carbocycles. The molecule has 40 heavy (non-hydrogen) atoms. The van der Waals surface area contributed by atoms with Crippen molar-refractivity contribution in [2.45, 2.75) is 55.3 Å². The van der Waals surface area contributed by atoms with Gasteiger partial charge in [0.1, 0.15) is 5.76 Å². The number of aromatic hydroxyl groups is 1. The zero-order valence-corrected chi connectivity index (χ0v) is 22.1. The van der Waals surface area contributed by atoms with Crippen LogP contribution < -0.4 is 10.1 Å². The van der Waals surface area contributed by atoms with E-state index in [2.05, 4.69) is 10.2 Å². The Hall–Kier alpha value is -3.81. The third kappa shape index (κ3) is 3.16. The maximum Gasteiger partial charge on any atom is 0.255 e. The van der Waals surface area contributed by atoms with Gasteiger partial charge in [-0.15, -0.1) is 0 Å². The van der Waals surface area contributed by atoms with Crippen molar-refractivity contribution in [3.8, 4) is 22.6 Å². The molecule has 7 nitrogen and oxygen atoms in total. The fraction of sp³-hybridized carbons (Fsp3) is 0.364. The summed E-state index contributed by atoms with van der Waals surface area (Å²) in [6.45, 7) is 1.70. The molecule has 1 spiro atoms. The first-order valence-electron chi connectivity index (χ1n) is 14.3. The van der Waals surface area contributed by atoms with Gasteiger partial charge in [-0.05, 0) is 61.4 Å². The lowest BCUT2D eigenvalue weighted by Crippen LogP contribution is -2.75. The summed E-state index contributed by atoms with van der Waals surface area (Å²) < 4.78 is 6.32. The molecule has 1 saturated carbocycles. The average molecular weight is 537 g/mol. The molecule has 2 heterocycles. The SMILES string of the molecule is O=C(Nc1ccccc1-c1ccccc1)C1=C(O)[C@@H]2Oc3c(O)ccc4c3[C@@]23CCN(CC2CC2)[C@H](C4)[C@]3(O)C1. The predicted octanol–water partition coefficient (Wildman–Crippen LogP) is 4.68. The molecule has 0 radical (unpaired) electrons. The van der Waals surface area contributed by atoms with E-state index >= 15 is 0 Å². The van der Waals surface area contributed by atoms with Gasteiger partial charge in [0.25, 0.3) is 5.91 Å². The van der Waals surface area contributed by atoms with Crippen molar-refractivity contribution in [1.82, 2.24) is 4.90 Å². The van der Waals surface area contributed by atoms with Crippen molar-refractivity contribution in [3.63, 3.8) is 0 Å². The highest BCUT2D eigenvalue weighted by Gasteiger charge is 2.73. The highest BCUT2D eigenvalue weighted by molar-refractivity contribution is 6.06. The number of rotatable bonds is 5. The fourth-order valence-electron chi connectivity index (χ4n) is 8.03. The molecular weight excluding hydrogens is 504 g/mol. The van der Waals surface area contributed by atoms with Crippen LogP contribution in [0.5, 0.6) is 11.5 Å². The lowest BCUT2D eigenvalue weighted by Gasteiger charge is -2.62. The van der Waals surface area contributed by atoms with E-state index in [1.807, 2.05) is 60.7 Å². The van der Waals surface area contributed by atoms with Gasteiger partial charge in [0.2, 0.25) is 0 Å². The monoisotopic (exact) mass is 536 g/mol. The maximum absolute atomic E-state index is 13.9. The Morgan fingerprint density at radius 3 is 2.60 bits per heavy atom. The number of phenols is 1. The summed E-state index contributed by atoms with van der Waals surface area (Å²) in [5.41, 5.74) is 2.19. The number of para-hydroxylation sites is 1. The van der Waals surface area contributed by atoms with Crippen LogP contribution in [0.1, 0.15) is 36.8 Å². The molecule has 2 aliphatic heterocycles. The zero-order valence-electron chi connectivity index (χ0n) is 22.1. The lowest BCUT2D eigenvalue weighted by atomic mass is 9.49. The van der Waals surface area contributed by atoms with Crippen LogP contribution in [0.4, 0.5) is 5.69 Å². The van der Waals surface area contributed by atoms with Crippen LogP contribution in [0.15, 0.2) is 78.1 Å². The van der Waals surface area contributed by atoms with E-state index in [9.17, 15) is 20.1 Å². The van der Waals surface area contributed by atoms with E-state index in [4.69, 9.17) is 4.74 Å². The van der Waals surface area contributed by atoms with E-state index in [0.29, 0.717) is 30.2 Å². The minimum atomic E-state index is -1.34. The number of ether oxygens (including phenoxy) is 1. The predicted molar refractivity (Wildman–Crippen MR) is 150 cm³/mol. The second-order valence-electron chi connectivity index (χ2n) is 12.2. The molecule has 204 valence electrons. The number of aliphatic hydroxyl groups excluding tert-OH is 1. The van der Waals surface area contributed by atoms with Gasteiger partial charge in [0.05, 0.1) is 16.6 Å². The van der Waals surface area contributed by atoms with Crippen LogP contribution in [0.25, 0.3) is 11.1 Å². The second kappa shape index (κ2) is 8.35. The normalized spacial score (nSPS) is 30.0. The Morgan fingerprint density at radius 2 is 1.80 bits per heavy atom. The number of nitrogens with zero attached hydrogens (tertiary/aromatic N) is 1. The molecule has 4 N–H and O–H groups in total. The van der Waals surface area contributed by atoms with Crippen molar-refractivity contribution in [1.29, 1.82) is 0 Å². The summed E-state index contributed by atoms with van der Waals surface area (Å²) in [5, 5.41) is 38.3. The minimum absolute atomic E-state index is 0.000625. The maximum atomic E-state index is 13.9. The Balaban J connectivity index is 1.23. The molecule has 0 unspecified atom stereocenters. The number of likely N-dealkylation sites (tertiary alicyclic amines) is 1. The van der Waals surface area contributed by atoms with Gasteiger partial charge in [-0.2, -0.15) is 0 Å². The molecule has 0 aromatic heterocycles. The first-order valence-corrected chi connectivity index (χ1v) is 14.3. The zero-order chi connectivity index (χ0) is 27.2. The third-order valence-corrected chi connectivity index (χ3v) is 10.1. The Labute approximate surface area is 232 Å². The number of anilines is 1. The number of piperidine rings is 1. The van der Waals surface area contributed by atoms with Crippen LogP contribution in [0, 0.1) is 5.92 Å². The van der Waals surface area contributed by atoms with E-state index < -0.39 is 23.0 Å². The van der Waals surface area contributed by atoms with E-state index in [0.717, 1.165) is 35.3 Å². The summed E-state index contributed by atoms with van der Waals surface area (Å²) >= 11 is 0. The van der Waals surface area contributed by atoms with Crippen LogP contribution in [-0.2, 0) is 16.6 Å². The second-order valence-corrected chi connectivity index (χ2v) is 12.2. The largest absolute Gasteiger partial charge is 0.508 e. The summed E-state index contributed by atoms with van der Waals surface area (Å²) in [7, 11) is 0. The number of phenolic OH excluding ortho intramolecular Hbond substituents is 1. The number of carbonyl (C=O) groups is 1. The lowest BCUT2D eigenvalue weighted by molar-refractivity contribution is -0.172. The van der Waals surface area contributed by atoms with Crippen LogP contribution in [0.2, 0.25) is 0 Å². The molecule has 8 rings (SSSR count). The quantitative estimate of drug-likeness (QED) is 0.378. The van der Waals surface area contributed by atoms with Crippen molar-refractivity contribution >= 4 is 11.6 Å². The molecule has 2 fully saturated rings. The van der Waals surface area contributed by atoms with Gasteiger partial charge < -0.3 is 25.4 Å². The molecule has 1 saturated heterocycles. The molecule has 4 atom stereocenters. The van der Waals surface area contributed by atoms with Crippen molar-refractivity contribution < 1.29 is 24.9 Å². The number of hydrogen-bond donors (Lipinski definition) is 4. The summed E-state index contributed by atoms with van der Waals surface area (Å²) in [6, 6.07) is 20.8. The smallest absolute Gasteiger partial charge is 0.255 e. The molecule has 2 bridgehead atoms. The topological polar surface area (TPSA) is 102 Å². The number of amides is 1. The number of carbonyl (C=O) groups excluding carboxylic acids is 1. The van der Waals surface area contributed by atoms with Crippen LogP contribution in [0.3, 0.4) is 0 Å². The first-order chi connectivity index (χ1) is 19.4. The van der Waals surface area contributed by atoms with Crippen molar-refractivity contribution in [2.75, 3.05) is 18.4 Å². The van der Waals surface area contributed by atoms with Crippen molar-refractivity contribution in [2.24, 2.45) is 5.92 Å². The van der Waals surface area contributed by atoms with Crippen LogP contribution >= 0.6 is 0 Å². The summed E-state index contributed by atoms with van der Waals surface area (Å²) in [4.78, 5) is 16.3. The van der Waals surface area contributed by atoms with E-state index in [1.165, 1.54) is 12.8 Å². The highest BCUT2D eigenvalue weighted by Crippen LogP contribution is 2.66. The Kier molecular flexibility index (Phi) is 5.01. The van der Waals surface area contributed by atoms with Crippen molar-refractivity contribution in [3.05, 3.63) is 89.2 Å².